The van der Waals surface area contributed by atoms with Crippen molar-refractivity contribution >= 4 is 91.7 Å². The zero-order valence-corrected chi connectivity index (χ0v) is 29.3. The first-order chi connectivity index (χ1) is 26.3. The molecule has 4 aromatic heterocycles. The van der Waals surface area contributed by atoms with Crippen molar-refractivity contribution in [3.05, 3.63) is 176 Å². The first-order valence-electron chi connectivity index (χ1n) is 18.1. The highest BCUT2D eigenvalue weighted by Crippen LogP contribution is 2.46. The summed E-state index contributed by atoms with van der Waals surface area (Å²) in [5.41, 5.74) is 12.8. The van der Waals surface area contributed by atoms with Crippen LogP contribution in [0.3, 0.4) is 0 Å². The summed E-state index contributed by atoms with van der Waals surface area (Å²) in [5, 5.41) is 8.70. The molecule has 12 rings (SSSR count). The lowest BCUT2D eigenvalue weighted by molar-refractivity contribution is 1.18. The van der Waals surface area contributed by atoms with Crippen molar-refractivity contribution in [3.63, 3.8) is 0 Å². The zero-order chi connectivity index (χ0) is 34.6. The van der Waals surface area contributed by atoms with E-state index in [1.54, 1.807) is 0 Å². The van der Waals surface area contributed by atoms with Crippen molar-refractivity contribution in [2.24, 2.45) is 0 Å². The molecular formula is C49H29N3S. The number of aromatic nitrogens is 3. The number of hydrogen-bond acceptors (Lipinski definition) is 2. The molecule has 0 unspecified atom stereocenters. The van der Waals surface area contributed by atoms with Gasteiger partial charge >= 0.3 is 0 Å². The maximum absolute atomic E-state index is 5.37. The highest BCUT2D eigenvalue weighted by Gasteiger charge is 2.23. The minimum Gasteiger partial charge on any atom is -0.309 e. The molecule has 0 radical (unpaired) electrons. The normalized spacial score (nSPS) is 12.2. The second-order valence-electron chi connectivity index (χ2n) is 13.9. The van der Waals surface area contributed by atoms with Crippen LogP contribution in [0.5, 0.6) is 0 Å². The molecule has 3 nitrogen and oxygen atoms in total. The largest absolute Gasteiger partial charge is 0.309 e. The van der Waals surface area contributed by atoms with E-state index in [2.05, 4.69) is 185 Å². The molecule has 0 amide bonds. The van der Waals surface area contributed by atoms with Crippen LogP contribution >= 0.6 is 11.3 Å². The second kappa shape index (κ2) is 10.9. The number of pyridine rings is 1. The first-order valence-corrected chi connectivity index (χ1v) is 18.9. The molecule has 4 heteroatoms. The Bertz CT molecular complexity index is 3440. The van der Waals surface area contributed by atoms with Gasteiger partial charge in [-0.2, -0.15) is 0 Å². The van der Waals surface area contributed by atoms with Gasteiger partial charge in [0.15, 0.2) is 0 Å². The van der Waals surface area contributed by atoms with Crippen LogP contribution < -0.4 is 0 Å². The van der Waals surface area contributed by atoms with Crippen molar-refractivity contribution in [2.45, 2.75) is 0 Å². The van der Waals surface area contributed by atoms with Gasteiger partial charge in [-0.3, -0.25) is 4.40 Å². The molecule has 53 heavy (non-hydrogen) atoms. The number of thiophene rings is 1. The summed E-state index contributed by atoms with van der Waals surface area (Å²) >= 11 is 1.88. The SMILES string of the molecule is c1ccc(-c2cc(-c3ccc(-n4c5ccccc5c5c6c(ccc54)c4sc5ccccc5c4n4c5ccccc5nc64)cc3)cc3ccccc23)cc1. The van der Waals surface area contributed by atoms with Gasteiger partial charge in [0.25, 0.3) is 0 Å². The molecule has 8 aromatic carbocycles. The first kappa shape index (κ1) is 28.9. The van der Waals surface area contributed by atoms with Gasteiger partial charge < -0.3 is 4.57 Å². The van der Waals surface area contributed by atoms with Gasteiger partial charge in [-0.15, -0.1) is 11.3 Å². The maximum Gasteiger partial charge on any atom is 0.147 e. The van der Waals surface area contributed by atoms with Crippen LogP contribution in [0.4, 0.5) is 0 Å². The van der Waals surface area contributed by atoms with Crippen LogP contribution in [-0.2, 0) is 0 Å². The van der Waals surface area contributed by atoms with Gasteiger partial charge in [-0.25, -0.2) is 4.98 Å². The summed E-state index contributed by atoms with van der Waals surface area (Å²) in [6.45, 7) is 0. The highest BCUT2D eigenvalue weighted by molar-refractivity contribution is 7.26. The molecule has 0 N–H and O–H groups in total. The molecule has 0 fully saturated rings. The zero-order valence-electron chi connectivity index (χ0n) is 28.5. The molecule has 0 saturated heterocycles. The fraction of sp³-hybridized carbons (Fsp3) is 0. The Morgan fingerprint density at radius 3 is 2.04 bits per heavy atom. The van der Waals surface area contributed by atoms with Gasteiger partial charge in [0.1, 0.15) is 5.65 Å². The quantitative estimate of drug-likeness (QED) is 0.181. The fourth-order valence-corrected chi connectivity index (χ4v) is 9.97. The maximum atomic E-state index is 5.37. The molecular weight excluding hydrogens is 663 g/mol. The van der Waals surface area contributed by atoms with Gasteiger partial charge in [-0.05, 0) is 87.6 Å². The molecule has 0 aliphatic carbocycles. The third-order valence-corrected chi connectivity index (χ3v) is 12.3. The van der Waals surface area contributed by atoms with Crippen LogP contribution in [0.25, 0.3) is 108 Å². The van der Waals surface area contributed by atoms with E-state index in [4.69, 9.17) is 4.98 Å². The number of hydrogen-bond donors (Lipinski definition) is 0. The van der Waals surface area contributed by atoms with Crippen LogP contribution in [0.1, 0.15) is 0 Å². The van der Waals surface area contributed by atoms with E-state index >= 15 is 0 Å². The van der Waals surface area contributed by atoms with E-state index < -0.39 is 0 Å². The Labute approximate surface area is 308 Å². The smallest absolute Gasteiger partial charge is 0.147 e. The van der Waals surface area contributed by atoms with E-state index in [0.717, 1.165) is 22.4 Å². The van der Waals surface area contributed by atoms with Crippen LogP contribution in [0.15, 0.2) is 176 Å². The van der Waals surface area contributed by atoms with E-state index in [1.807, 2.05) is 11.3 Å². The predicted octanol–water partition coefficient (Wildman–Crippen LogP) is 13.6. The molecule has 0 bridgehead atoms. The monoisotopic (exact) mass is 691 g/mol. The Kier molecular flexibility index (Phi) is 5.93. The summed E-state index contributed by atoms with van der Waals surface area (Å²) < 4.78 is 7.43. The predicted molar refractivity (Wildman–Crippen MR) is 226 cm³/mol. The number of para-hydroxylation sites is 3. The van der Waals surface area contributed by atoms with Crippen molar-refractivity contribution < 1.29 is 0 Å². The van der Waals surface area contributed by atoms with Gasteiger partial charge in [0.05, 0.1) is 32.3 Å². The third kappa shape index (κ3) is 4.07. The van der Waals surface area contributed by atoms with E-state index in [1.165, 1.54) is 85.9 Å². The summed E-state index contributed by atoms with van der Waals surface area (Å²) in [6, 6.07) is 64.0. The molecule has 0 aliphatic rings. The van der Waals surface area contributed by atoms with Gasteiger partial charge in [-0.1, -0.05) is 121 Å². The molecule has 4 heterocycles. The lowest BCUT2D eigenvalue weighted by atomic mass is 9.93. The molecule has 0 saturated carbocycles. The van der Waals surface area contributed by atoms with Crippen molar-refractivity contribution in [1.82, 2.24) is 14.0 Å². The second-order valence-corrected chi connectivity index (χ2v) is 15.0. The molecule has 0 spiro atoms. The number of benzene rings is 8. The fourth-order valence-electron chi connectivity index (χ4n) is 8.75. The Morgan fingerprint density at radius 1 is 0.453 bits per heavy atom. The lowest BCUT2D eigenvalue weighted by Crippen LogP contribution is -1.94. The molecule has 0 aliphatic heterocycles. The van der Waals surface area contributed by atoms with Crippen molar-refractivity contribution in [3.8, 4) is 27.9 Å². The lowest BCUT2D eigenvalue weighted by Gasteiger charge is -2.13. The number of rotatable bonds is 3. The minimum absolute atomic E-state index is 1.01. The van der Waals surface area contributed by atoms with Crippen LogP contribution in [0.2, 0.25) is 0 Å². The third-order valence-electron chi connectivity index (χ3n) is 11.1. The van der Waals surface area contributed by atoms with Crippen LogP contribution in [-0.4, -0.2) is 14.0 Å². The summed E-state index contributed by atoms with van der Waals surface area (Å²) in [7, 11) is 0. The minimum atomic E-state index is 1.01. The number of nitrogens with zero attached hydrogens (tertiary/aromatic N) is 3. The van der Waals surface area contributed by atoms with Gasteiger partial charge in [0, 0.05) is 37.3 Å². The Balaban J connectivity index is 1.12. The number of fused-ring (bicyclic) bond motifs is 15. The topological polar surface area (TPSA) is 22.2 Å². The van der Waals surface area contributed by atoms with Crippen molar-refractivity contribution in [2.75, 3.05) is 0 Å². The van der Waals surface area contributed by atoms with E-state index in [0.29, 0.717) is 0 Å². The molecule has 246 valence electrons. The molecule has 0 atom stereocenters. The summed E-state index contributed by atoms with van der Waals surface area (Å²) in [5.74, 6) is 0. The Morgan fingerprint density at radius 2 is 1.17 bits per heavy atom. The standard InChI is InChI=1S/C49H29N3S/c1-2-12-31(13-3-1)39-29-33(28-32-14-4-5-15-35(32)39)30-22-24-34(25-23-30)51-41-19-9-6-16-36(41)45-43(51)27-26-38-46(45)49-50-40-18-8-10-20-42(40)52(49)47-37-17-7-11-21-44(37)53-48(38)47/h1-29H. The van der Waals surface area contributed by atoms with E-state index in [9.17, 15) is 0 Å². The molecule has 12 aromatic rings. The average molecular weight is 692 g/mol. The Hall–Kier alpha value is -6.75. The average Bonchev–Trinajstić information content (AvgIpc) is 3.91. The summed E-state index contributed by atoms with van der Waals surface area (Å²) in [4.78, 5) is 5.37. The van der Waals surface area contributed by atoms with Crippen LogP contribution in [0, 0.1) is 0 Å². The number of imidazole rings is 1. The van der Waals surface area contributed by atoms with Gasteiger partial charge in [0.2, 0.25) is 0 Å². The van der Waals surface area contributed by atoms with Crippen molar-refractivity contribution in [1.29, 1.82) is 0 Å². The highest BCUT2D eigenvalue weighted by atomic mass is 32.1. The van der Waals surface area contributed by atoms with E-state index in [-0.39, 0.29) is 0 Å². The summed E-state index contributed by atoms with van der Waals surface area (Å²) in [6.07, 6.45) is 0.